The van der Waals surface area contributed by atoms with E-state index >= 15 is 0 Å². The minimum absolute atomic E-state index is 0.521. The van der Waals surface area contributed by atoms with Crippen LogP contribution in [0.15, 0.2) is 42.5 Å². The van der Waals surface area contributed by atoms with Crippen molar-refractivity contribution in [3.8, 4) is 11.1 Å². The van der Waals surface area contributed by atoms with Crippen LogP contribution in [0.1, 0.15) is 25.0 Å². The Morgan fingerprint density at radius 1 is 1.05 bits per heavy atom. The van der Waals surface area contributed by atoms with Crippen molar-refractivity contribution in [2.75, 3.05) is 0 Å². The third-order valence-corrected chi connectivity index (χ3v) is 3.46. The van der Waals surface area contributed by atoms with Crippen LogP contribution in [0.2, 0.25) is 5.02 Å². The molecule has 19 heavy (non-hydrogen) atoms. The number of hydrogen-bond donors (Lipinski definition) is 1. The molecule has 100 valence electrons. The van der Waals surface area contributed by atoms with Crippen LogP contribution in [0.4, 0.5) is 0 Å². The number of benzene rings is 2. The first-order valence-electron chi connectivity index (χ1n) is 6.68. The lowest BCUT2D eigenvalue weighted by Crippen LogP contribution is -1.96. The normalized spacial score (nSPS) is 11.0. The molecule has 0 saturated carbocycles. The van der Waals surface area contributed by atoms with Crippen molar-refractivity contribution in [1.29, 1.82) is 0 Å². The predicted octanol–water partition coefficient (Wildman–Crippen LogP) is 4.66. The van der Waals surface area contributed by atoms with Gasteiger partial charge >= 0.3 is 0 Å². The number of halogens is 1. The molecule has 1 nitrogen and oxygen atoms in total. The minimum atomic E-state index is 0.521. The maximum Gasteiger partial charge on any atom is 0.0487 e. The highest BCUT2D eigenvalue weighted by atomic mass is 35.5. The van der Waals surface area contributed by atoms with E-state index in [0.717, 1.165) is 22.6 Å². The zero-order chi connectivity index (χ0) is 13.8. The van der Waals surface area contributed by atoms with E-state index in [4.69, 9.17) is 17.3 Å². The smallest absolute Gasteiger partial charge is 0.0487 e. The van der Waals surface area contributed by atoms with E-state index in [2.05, 4.69) is 44.2 Å². The molecule has 0 radical (unpaired) electrons. The molecule has 0 aliphatic rings. The lowest BCUT2D eigenvalue weighted by atomic mass is 9.97. The van der Waals surface area contributed by atoms with Crippen LogP contribution in [0.5, 0.6) is 0 Å². The Bertz CT molecular complexity index is 561. The molecule has 0 unspecified atom stereocenters. The molecular weight excluding hydrogens is 254 g/mol. The Labute approximate surface area is 120 Å². The summed E-state index contributed by atoms with van der Waals surface area (Å²) in [5.74, 6) is 0.658. The second kappa shape index (κ2) is 6.23. The van der Waals surface area contributed by atoms with E-state index < -0.39 is 0 Å². The Hall–Kier alpha value is -1.31. The molecule has 0 aliphatic heterocycles. The molecule has 0 bridgehead atoms. The number of hydrogen-bond acceptors (Lipinski definition) is 1. The van der Waals surface area contributed by atoms with Crippen LogP contribution in [0.3, 0.4) is 0 Å². The molecular formula is C17H20ClN. The van der Waals surface area contributed by atoms with Gasteiger partial charge in [0.05, 0.1) is 0 Å². The van der Waals surface area contributed by atoms with Crippen molar-refractivity contribution in [3.05, 3.63) is 58.6 Å². The van der Waals surface area contributed by atoms with Crippen LogP contribution in [-0.2, 0) is 13.0 Å². The second-order valence-corrected chi connectivity index (χ2v) is 5.72. The summed E-state index contributed by atoms with van der Waals surface area (Å²) in [4.78, 5) is 0. The van der Waals surface area contributed by atoms with Crippen molar-refractivity contribution in [3.63, 3.8) is 0 Å². The van der Waals surface area contributed by atoms with E-state index in [-0.39, 0.29) is 0 Å². The summed E-state index contributed by atoms with van der Waals surface area (Å²) in [6.45, 7) is 4.98. The van der Waals surface area contributed by atoms with Crippen molar-refractivity contribution < 1.29 is 0 Å². The topological polar surface area (TPSA) is 26.0 Å². The first kappa shape index (κ1) is 14.1. The van der Waals surface area contributed by atoms with E-state index in [1.54, 1.807) is 0 Å². The van der Waals surface area contributed by atoms with Gasteiger partial charge in [0, 0.05) is 17.1 Å². The Morgan fingerprint density at radius 3 is 2.47 bits per heavy atom. The average Bonchev–Trinajstić information content (AvgIpc) is 2.38. The van der Waals surface area contributed by atoms with Gasteiger partial charge in [-0.25, -0.2) is 0 Å². The third-order valence-electron chi connectivity index (χ3n) is 3.15. The van der Waals surface area contributed by atoms with Gasteiger partial charge in [-0.05, 0) is 35.1 Å². The highest BCUT2D eigenvalue weighted by molar-refractivity contribution is 6.33. The second-order valence-electron chi connectivity index (χ2n) is 5.32. The van der Waals surface area contributed by atoms with E-state index in [1.165, 1.54) is 11.1 Å². The van der Waals surface area contributed by atoms with Gasteiger partial charge in [0.1, 0.15) is 0 Å². The summed E-state index contributed by atoms with van der Waals surface area (Å²) in [6.07, 6.45) is 1.09. The molecule has 2 aromatic carbocycles. The molecule has 2 aromatic rings. The number of nitrogens with two attached hydrogens (primary N) is 1. The SMILES string of the molecule is CC(C)Cc1cccc(-c2ccc(CN)cc2Cl)c1. The van der Waals surface area contributed by atoms with Gasteiger partial charge < -0.3 is 5.73 Å². The quantitative estimate of drug-likeness (QED) is 0.861. The van der Waals surface area contributed by atoms with Gasteiger partial charge in [-0.1, -0.05) is 61.8 Å². The van der Waals surface area contributed by atoms with Crippen LogP contribution in [0, 0.1) is 5.92 Å². The van der Waals surface area contributed by atoms with E-state index in [0.29, 0.717) is 12.5 Å². The van der Waals surface area contributed by atoms with Gasteiger partial charge in [0.25, 0.3) is 0 Å². The monoisotopic (exact) mass is 273 g/mol. The summed E-state index contributed by atoms with van der Waals surface area (Å²) in [5, 5.41) is 0.768. The average molecular weight is 274 g/mol. The minimum Gasteiger partial charge on any atom is -0.326 e. The summed E-state index contributed by atoms with van der Waals surface area (Å²) in [5.41, 5.74) is 10.3. The number of rotatable bonds is 4. The zero-order valence-electron chi connectivity index (χ0n) is 11.5. The van der Waals surface area contributed by atoms with Gasteiger partial charge in [0.2, 0.25) is 0 Å². The molecule has 2 rings (SSSR count). The maximum absolute atomic E-state index is 6.35. The summed E-state index contributed by atoms with van der Waals surface area (Å²) in [6, 6.07) is 14.6. The standard InChI is InChI=1S/C17H20ClN/c1-12(2)8-13-4-3-5-15(9-13)16-7-6-14(11-19)10-17(16)18/h3-7,9-10,12H,8,11,19H2,1-2H3. The Balaban J connectivity index is 2.36. The van der Waals surface area contributed by atoms with Gasteiger partial charge in [-0.2, -0.15) is 0 Å². The first-order valence-corrected chi connectivity index (χ1v) is 7.05. The predicted molar refractivity (Wildman–Crippen MR) is 83.3 cm³/mol. The van der Waals surface area contributed by atoms with Crippen LogP contribution in [0.25, 0.3) is 11.1 Å². The van der Waals surface area contributed by atoms with Gasteiger partial charge in [-0.3, -0.25) is 0 Å². The molecule has 0 aromatic heterocycles. The Morgan fingerprint density at radius 2 is 1.84 bits per heavy atom. The van der Waals surface area contributed by atoms with Crippen molar-refractivity contribution in [2.45, 2.75) is 26.8 Å². The summed E-state index contributed by atoms with van der Waals surface area (Å²) < 4.78 is 0. The third kappa shape index (κ3) is 3.59. The fraction of sp³-hybridized carbons (Fsp3) is 0.294. The zero-order valence-corrected chi connectivity index (χ0v) is 12.2. The fourth-order valence-electron chi connectivity index (χ4n) is 2.26. The van der Waals surface area contributed by atoms with E-state index in [1.807, 2.05) is 12.1 Å². The van der Waals surface area contributed by atoms with E-state index in [9.17, 15) is 0 Å². The largest absolute Gasteiger partial charge is 0.326 e. The van der Waals surface area contributed by atoms with Crippen molar-refractivity contribution in [1.82, 2.24) is 0 Å². The van der Waals surface area contributed by atoms with Crippen LogP contribution >= 0.6 is 11.6 Å². The maximum atomic E-state index is 6.35. The van der Waals surface area contributed by atoms with Crippen LogP contribution in [-0.4, -0.2) is 0 Å². The van der Waals surface area contributed by atoms with Gasteiger partial charge in [-0.15, -0.1) is 0 Å². The lowest BCUT2D eigenvalue weighted by molar-refractivity contribution is 0.647. The lowest BCUT2D eigenvalue weighted by Gasteiger charge is -2.10. The highest BCUT2D eigenvalue weighted by Gasteiger charge is 2.06. The molecule has 0 aliphatic carbocycles. The molecule has 0 atom stereocenters. The highest BCUT2D eigenvalue weighted by Crippen LogP contribution is 2.29. The molecule has 0 amide bonds. The van der Waals surface area contributed by atoms with Crippen molar-refractivity contribution in [2.24, 2.45) is 11.7 Å². The molecule has 2 N–H and O–H groups in total. The molecule has 0 saturated heterocycles. The molecule has 0 fully saturated rings. The Kier molecular flexibility index (Phi) is 4.62. The molecule has 2 heteroatoms. The molecule has 0 spiro atoms. The fourth-order valence-corrected chi connectivity index (χ4v) is 2.57. The van der Waals surface area contributed by atoms with Crippen LogP contribution < -0.4 is 5.73 Å². The summed E-state index contributed by atoms with van der Waals surface area (Å²) in [7, 11) is 0. The summed E-state index contributed by atoms with van der Waals surface area (Å²) >= 11 is 6.35. The van der Waals surface area contributed by atoms with Crippen molar-refractivity contribution >= 4 is 11.6 Å². The molecule has 0 heterocycles. The first-order chi connectivity index (χ1) is 9.10. The van der Waals surface area contributed by atoms with Gasteiger partial charge in [0.15, 0.2) is 0 Å².